The van der Waals surface area contributed by atoms with Gasteiger partial charge in [-0.1, -0.05) is 17.7 Å². The van der Waals surface area contributed by atoms with E-state index < -0.39 is 0 Å². The molecule has 0 spiro atoms. The Balaban J connectivity index is 1.32. The third-order valence-corrected chi connectivity index (χ3v) is 5.10. The Bertz CT molecular complexity index is 1020. The number of aromatic nitrogens is 3. The van der Waals surface area contributed by atoms with Crippen molar-refractivity contribution in [3.63, 3.8) is 0 Å². The average Bonchev–Trinajstić information content (AvgIpc) is 3.36. The van der Waals surface area contributed by atoms with Gasteiger partial charge < -0.3 is 14.1 Å². The maximum Gasteiger partial charge on any atom is 0.247 e. The molecule has 0 bridgehead atoms. The molecule has 28 heavy (non-hydrogen) atoms. The second-order valence-electron chi connectivity index (χ2n) is 7.13. The Morgan fingerprint density at radius 1 is 1.04 bits per heavy atom. The van der Waals surface area contributed by atoms with Crippen LogP contribution in [0.15, 0.2) is 45.9 Å². The van der Waals surface area contributed by atoms with Gasteiger partial charge in [0.15, 0.2) is 0 Å². The monoisotopic (exact) mass is 375 g/mol. The first-order valence-electron chi connectivity index (χ1n) is 9.53. The van der Waals surface area contributed by atoms with E-state index in [9.17, 15) is 0 Å². The molecular formula is C21H21N5O2. The minimum Gasteiger partial charge on any atom is -0.420 e. The summed E-state index contributed by atoms with van der Waals surface area (Å²) >= 11 is 0. The predicted octanol–water partition coefficient (Wildman–Crippen LogP) is 3.15. The van der Waals surface area contributed by atoms with Crippen LogP contribution in [0.5, 0.6) is 0 Å². The molecule has 1 aromatic carbocycles. The molecule has 0 N–H and O–H groups in total. The van der Waals surface area contributed by atoms with Gasteiger partial charge in [0.2, 0.25) is 11.8 Å². The van der Waals surface area contributed by atoms with Crippen LogP contribution < -0.4 is 4.90 Å². The summed E-state index contributed by atoms with van der Waals surface area (Å²) in [4.78, 5) is 11.7. The maximum atomic E-state index is 5.87. The molecule has 2 aliphatic heterocycles. The number of pyridine rings is 1. The summed E-state index contributed by atoms with van der Waals surface area (Å²) in [7, 11) is 0. The summed E-state index contributed by atoms with van der Waals surface area (Å²) in [6.45, 7) is 5.26. The zero-order chi connectivity index (χ0) is 18.9. The summed E-state index contributed by atoms with van der Waals surface area (Å²) < 4.78 is 11.3. The summed E-state index contributed by atoms with van der Waals surface area (Å²) in [6.07, 6.45) is 3.15. The maximum absolute atomic E-state index is 5.87. The standard InChI is InChI=1S/C21H21N5O2/c1-14-2-4-15(5-3-14)21-25-24-19(28-21)13-16-12-17-18(23-16)6-7-22-20(17)26-8-10-27-11-9-26/h2-7H,8-13H2,1H3. The summed E-state index contributed by atoms with van der Waals surface area (Å²) in [5.74, 6) is 2.15. The Kier molecular flexibility index (Phi) is 4.37. The second-order valence-corrected chi connectivity index (χ2v) is 7.13. The lowest BCUT2D eigenvalue weighted by Gasteiger charge is -2.29. The molecule has 1 fully saturated rings. The van der Waals surface area contributed by atoms with Crippen molar-refractivity contribution in [3.05, 3.63) is 53.5 Å². The number of nitrogens with zero attached hydrogens (tertiary/aromatic N) is 5. The van der Waals surface area contributed by atoms with Crippen molar-refractivity contribution in [1.29, 1.82) is 0 Å². The number of aryl methyl sites for hydroxylation is 1. The fourth-order valence-corrected chi connectivity index (χ4v) is 3.62. The van der Waals surface area contributed by atoms with Crippen LogP contribution in [0.25, 0.3) is 11.5 Å². The van der Waals surface area contributed by atoms with Crippen molar-refractivity contribution in [2.75, 3.05) is 31.2 Å². The van der Waals surface area contributed by atoms with E-state index in [2.05, 4.69) is 27.0 Å². The molecule has 0 radical (unpaired) electrons. The molecule has 0 unspecified atom stereocenters. The Morgan fingerprint density at radius 3 is 2.68 bits per heavy atom. The first-order chi connectivity index (χ1) is 13.8. The van der Waals surface area contributed by atoms with E-state index in [0.717, 1.165) is 55.5 Å². The van der Waals surface area contributed by atoms with Gasteiger partial charge in [0, 0.05) is 42.5 Å². The van der Waals surface area contributed by atoms with Gasteiger partial charge in [0.25, 0.3) is 0 Å². The van der Waals surface area contributed by atoms with Gasteiger partial charge >= 0.3 is 0 Å². The Morgan fingerprint density at radius 2 is 1.86 bits per heavy atom. The number of ether oxygens (including phenoxy) is 1. The number of hydrogen-bond donors (Lipinski definition) is 0. The van der Waals surface area contributed by atoms with Gasteiger partial charge in [-0.15, -0.1) is 10.2 Å². The van der Waals surface area contributed by atoms with E-state index in [0.29, 0.717) is 18.2 Å². The number of rotatable bonds is 4. The number of fused-ring (bicyclic) bond motifs is 1. The third-order valence-electron chi connectivity index (χ3n) is 5.10. The first-order valence-corrected chi connectivity index (χ1v) is 9.53. The molecule has 7 heteroatoms. The number of morpholine rings is 1. The molecular weight excluding hydrogens is 354 g/mol. The van der Waals surface area contributed by atoms with Crippen LogP contribution in [0.3, 0.4) is 0 Å². The van der Waals surface area contributed by atoms with Crippen LogP contribution in [0.4, 0.5) is 11.5 Å². The molecule has 2 aromatic heterocycles. The van der Waals surface area contributed by atoms with Gasteiger partial charge in [0.05, 0.1) is 25.3 Å². The molecule has 142 valence electrons. The minimum absolute atomic E-state index is 0.543. The van der Waals surface area contributed by atoms with Crippen LogP contribution in [0.1, 0.15) is 17.0 Å². The molecule has 4 heterocycles. The normalized spacial score (nSPS) is 16.2. The van der Waals surface area contributed by atoms with Crippen LogP contribution in [0, 0.1) is 6.92 Å². The highest BCUT2D eigenvalue weighted by atomic mass is 16.5. The van der Waals surface area contributed by atoms with Gasteiger partial charge in [-0.25, -0.2) is 4.98 Å². The highest BCUT2D eigenvalue weighted by Crippen LogP contribution is 2.34. The highest BCUT2D eigenvalue weighted by Gasteiger charge is 2.24. The van der Waals surface area contributed by atoms with Gasteiger partial charge in [-0.2, -0.15) is 0 Å². The zero-order valence-electron chi connectivity index (χ0n) is 15.8. The second kappa shape index (κ2) is 7.16. The van der Waals surface area contributed by atoms with E-state index in [1.807, 2.05) is 36.5 Å². The van der Waals surface area contributed by atoms with Crippen molar-refractivity contribution in [2.24, 2.45) is 4.99 Å². The number of anilines is 1. The van der Waals surface area contributed by atoms with Crippen molar-refractivity contribution >= 4 is 17.2 Å². The topological polar surface area (TPSA) is 76.6 Å². The molecule has 1 saturated heterocycles. The number of hydrogen-bond acceptors (Lipinski definition) is 7. The molecule has 3 aromatic rings. The van der Waals surface area contributed by atoms with Crippen LogP contribution in [-0.4, -0.2) is 47.2 Å². The summed E-state index contributed by atoms with van der Waals surface area (Å²) in [6, 6.07) is 10.0. The van der Waals surface area contributed by atoms with Crippen molar-refractivity contribution < 1.29 is 9.15 Å². The van der Waals surface area contributed by atoms with E-state index in [1.165, 1.54) is 11.1 Å². The van der Waals surface area contributed by atoms with E-state index >= 15 is 0 Å². The van der Waals surface area contributed by atoms with E-state index in [4.69, 9.17) is 14.1 Å². The van der Waals surface area contributed by atoms with Gasteiger partial charge in [-0.3, -0.25) is 4.99 Å². The fraction of sp³-hybridized carbons (Fsp3) is 0.333. The largest absolute Gasteiger partial charge is 0.420 e. The van der Waals surface area contributed by atoms with Crippen molar-refractivity contribution in [3.8, 4) is 11.5 Å². The van der Waals surface area contributed by atoms with E-state index in [-0.39, 0.29) is 0 Å². The Hall–Kier alpha value is -3.06. The van der Waals surface area contributed by atoms with Crippen LogP contribution >= 0.6 is 0 Å². The molecule has 0 saturated carbocycles. The van der Waals surface area contributed by atoms with Crippen molar-refractivity contribution in [1.82, 2.24) is 15.2 Å². The first kappa shape index (κ1) is 17.1. The number of aliphatic imine (C=N–C) groups is 1. The number of benzene rings is 1. The predicted molar refractivity (Wildman–Crippen MR) is 106 cm³/mol. The zero-order valence-corrected chi connectivity index (χ0v) is 15.8. The molecule has 0 amide bonds. The summed E-state index contributed by atoms with van der Waals surface area (Å²) in [5.41, 5.74) is 5.32. The SMILES string of the molecule is Cc1ccc(-c2nnc(CC3=Nc4ccnc(N5CCOCC5)c4C3)o2)cc1. The lowest BCUT2D eigenvalue weighted by molar-refractivity contribution is 0.122. The smallest absolute Gasteiger partial charge is 0.247 e. The third kappa shape index (κ3) is 3.29. The van der Waals surface area contributed by atoms with Crippen LogP contribution in [-0.2, 0) is 17.6 Å². The lowest BCUT2D eigenvalue weighted by Crippen LogP contribution is -2.37. The summed E-state index contributed by atoms with van der Waals surface area (Å²) in [5, 5.41) is 8.41. The highest BCUT2D eigenvalue weighted by molar-refractivity contribution is 5.96. The van der Waals surface area contributed by atoms with Crippen LogP contribution in [0.2, 0.25) is 0 Å². The quantitative estimate of drug-likeness (QED) is 0.697. The minimum atomic E-state index is 0.543. The molecule has 2 aliphatic rings. The molecule has 7 nitrogen and oxygen atoms in total. The van der Waals surface area contributed by atoms with E-state index in [1.54, 1.807) is 0 Å². The van der Waals surface area contributed by atoms with Gasteiger partial charge in [0.1, 0.15) is 5.82 Å². The Labute approximate surface area is 163 Å². The molecule has 0 aliphatic carbocycles. The average molecular weight is 375 g/mol. The molecule has 0 atom stereocenters. The molecule has 5 rings (SSSR count). The van der Waals surface area contributed by atoms with Crippen molar-refractivity contribution in [2.45, 2.75) is 19.8 Å². The van der Waals surface area contributed by atoms with Gasteiger partial charge in [-0.05, 0) is 25.1 Å². The fourth-order valence-electron chi connectivity index (χ4n) is 3.62. The lowest BCUT2D eigenvalue weighted by atomic mass is 10.1.